The van der Waals surface area contributed by atoms with Crippen LogP contribution in [0.1, 0.15) is 23.2 Å². The van der Waals surface area contributed by atoms with E-state index in [0.717, 1.165) is 11.5 Å². The third-order valence-electron chi connectivity index (χ3n) is 1.14. The first-order chi connectivity index (χ1) is 4.22. The van der Waals surface area contributed by atoms with Crippen LogP contribution >= 0.6 is 15.9 Å². The average molecular weight is 190 g/mol. The molecular weight excluding hydrogens is 182 g/mol. The normalized spacial score (nSPS) is 13.7. The molecule has 0 aliphatic carbocycles. The Kier molecular flexibility index (Phi) is 1.90. The average Bonchev–Trinajstić information content (AvgIpc) is 2.13. The Morgan fingerprint density at radius 1 is 1.78 bits per heavy atom. The fourth-order valence-electron chi connectivity index (χ4n) is 0.693. The SMILES string of the molecule is Cc1ncoc1C(C)Br. The van der Waals surface area contributed by atoms with Gasteiger partial charge in [0.15, 0.2) is 6.39 Å². The molecule has 0 fully saturated rings. The molecule has 50 valence electrons. The Morgan fingerprint density at radius 3 is 2.67 bits per heavy atom. The molecule has 1 atom stereocenters. The van der Waals surface area contributed by atoms with Gasteiger partial charge in [-0.3, -0.25) is 0 Å². The predicted octanol–water partition coefficient (Wildman–Crippen LogP) is 2.44. The van der Waals surface area contributed by atoms with Gasteiger partial charge in [-0.05, 0) is 13.8 Å². The Balaban J connectivity index is 2.94. The van der Waals surface area contributed by atoms with Crippen molar-refractivity contribution in [1.29, 1.82) is 0 Å². The predicted molar refractivity (Wildman–Crippen MR) is 38.6 cm³/mol. The number of aryl methyl sites for hydroxylation is 1. The molecule has 0 saturated heterocycles. The van der Waals surface area contributed by atoms with Crippen molar-refractivity contribution in [1.82, 2.24) is 4.98 Å². The van der Waals surface area contributed by atoms with Crippen molar-refractivity contribution >= 4 is 15.9 Å². The summed E-state index contributed by atoms with van der Waals surface area (Å²) in [6, 6.07) is 0. The number of halogens is 1. The second-order valence-corrected chi connectivity index (χ2v) is 3.29. The molecule has 0 aromatic carbocycles. The lowest BCUT2D eigenvalue weighted by Gasteiger charge is -1.95. The Labute approximate surface area is 62.4 Å². The summed E-state index contributed by atoms with van der Waals surface area (Å²) in [4.78, 5) is 4.21. The molecule has 1 unspecified atom stereocenters. The molecule has 2 nitrogen and oxygen atoms in total. The fraction of sp³-hybridized carbons (Fsp3) is 0.500. The van der Waals surface area contributed by atoms with Crippen LogP contribution < -0.4 is 0 Å². The van der Waals surface area contributed by atoms with Crippen LogP contribution in [-0.2, 0) is 0 Å². The molecule has 0 saturated carbocycles. The van der Waals surface area contributed by atoms with Gasteiger partial charge < -0.3 is 4.42 Å². The largest absolute Gasteiger partial charge is 0.447 e. The standard InChI is InChI=1S/C6H8BrNO/c1-4(7)6-5(2)8-3-9-6/h3-4H,1-2H3. The van der Waals surface area contributed by atoms with Crippen molar-refractivity contribution in [3.8, 4) is 0 Å². The van der Waals surface area contributed by atoms with Crippen LogP contribution in [0, 0.1) is 6.92 Å². The summed E-state index contributed by atoms with van der Waals surface area (Å²) in [5.74, 6) is 0.912. The third kappa shape index (κ3) is 1.33. The van der Waals surface area contributed by atoms with E-state index in [1.54, 1.807) is 0 Å². The number of nitrogens with zero attached hydrogens (tertiary/aromatic N) is 1. The Hall–Kier alpha value is -0.310. The van der Waals surface area contributed by atoms with E-state index in [4.69, 9.17) is 4.42 Å². The number of alkyl halides is 1. The van der Waals surface area contributed by atoms with Gasteiger partial charge in [0.1, 0.15) is 5.76 Å². The second-order valence-electron chi connectivity index (χ2n) is 1.92. The summed E-state index contributed by atoms with van der Waals surface area (Å²) in [5.41, 5.74) is 0.958. The quantitative estimate of drug-likeness (QED) is 0.635. The zero-order valence-electron chi connectivity index (χ0n) is 5.39. The molecule has 1 aromatic rings. The van der Waals surface area contributed by atoms with E-state index in [-0.39, 0.29) is 4.83 Å². The Bertz CT molecular complexity index is 195. The van der Waals surface area contributed by atoms with Gasteiger partial charge in [-0.2, -0.15) is 0 Å². The lowest BCUT2D eigenvalue weighted by molar-refractivity contribution is 0.507. The van der Waals surface area contributed by atoms with Crippen molar-refractivity contribution in [2.45, 2.75) is 18.7 Å². The molecule has 0 aliphatic heterocycles. The lowest BCUT2D eigenvalue weighted by atomic mass is 10.3. The maximum absolute atomic E-state index is 5.07. The summed E-state index contributed by atoms with van der Waals surface area (Å²) < 4.78 is 5.07. The highest BCUT2D eigenvalue weighted by atomic mass is 79.9. The van der Waals surface area contributed by atoms with Crippen molar-refractivity contribution in [2.75, 3.05) is 0 Å². The van der Waals surface area contributed by atoms with Crippen LogP contribution in [-0.4, -0.2) is 4.98 Å². The van der Waals surface area contributed by atoms with E-state index < -0.39 is 0 Å². The van der Waals surface area contributed by atoms with Crippen LogP contribution in [0.5, 0.6) is 0 Å². The zero-order valence-corrected chi connectivity index (χ0v) is 6.97. The number of hydrogen-bond donors (Lipinski definition) is 0. The van der Waals surface area contributed by atoms with Gasteiger partial charge >= 0.3 is 0 Å². The fourth-order valence-corrected chi connectivity index (χ4v) is 1.13. The molecule has 0 bridgehead atoms. The van der Waals surface area contributed by atoms with Crippen molar-refractivity contribution in [2.24, 2.45) is 0 Å². The van der Waals surface area contributed by atoms with Crippen LogP contribution in [0.25, 0.3) is 0 Å². The maximum atomic E-state index is 5.07. The van der Waals surface area contributed by atoms with E-state index in [0.29, 0.717) is 0 Å². The van der Waals surface area contributed by atoms with E-state index in [1.165, 1.54) is 6.39 Å². The molecule has 0 spiro atoms. The summed E-state index contributed by atoms with van der Waals surface area (Å²) in [6.45, 7) is 3.93. The van der Waals surface area contributed by atoms with Gasteiger partial charge in [0.05, 0.1) is 10.5 Å². The first-order valence-corrected chi connectivity index (χ1v) is 3.67. The highest BCUT2D eigenvalue weighted by Crippen LogP contribution is 2.23. The van der Waals surface area contributed by atoms with Crippen LogP contribution in [0.2, 0.25) is 0 Å². The molecule has 3 heteroatoms. The van der Waals surface area contributed by atoms with Crippen molar-refractivity contribution in [3.05, 3.63) is 17.8 Å². The highest BCUT2D eigenvalue weighted by molar-refractivity contribution is 9.09. The molecule has 0 N–H and O–H groups in total. The smallest absolute Gasteiger partial charge is 0.181 e. The van der Waals surface area contributed by atoms with E-state index >= 15 is 0 Å². The summed E-state index contributed by atoms with van der Waals surface area (Å²) in [7, 11) is 0. The zero-order chi connectivity index (χ0) is 6.85. The maximum Gasteiger partial charge on any atom is 0.181 e. The third-order valence-corrected chi connectivity index (χ3v) is 1.56. The number of rotatable bonds is 1. The summed E-state index contributed by atoms with van der Waals surface area (Å²) >= 11 is 3.38. The molecular formula is C6H8BrNO. The number of aromatic nitrogens is 1. The van der Waals surface area contributed by atoms with Crippen LogP contribution in [0.15, 0.2) is 10.8 Å². The Morgan fingerprint density at radius 2 is 2.44 bits per heavy atom. The number of oxazole rings is 1. The monoisotopic (exact) mass is 189 g/mol. The summed E-state index contributed by atoms with van der Waals surface area (Å²) in [6.07, 6.45) is 1.46. The molecule has 1 heterocycles. The molecule has 0 amide bonds. The molecule has 0 aliphatic rings. The summed E-state index contributed by atoms with van der Waals surface area (Å²) in [5, 5.41) is 0. The molecule has 1 aromatic heterocycles. The number of hydrogen-bond acceptors (Lipinski definition) is 2. The van der Waals surface area contributed by atoms with Crippen molar-refractivity contribution in [3.63, 3.8) is 0 Å². The van der Waals surface area contributed by atoms with Gasteiger partial charge in [-0.25, -0.2) is 4.98 Å². The minimum atomic E-state index is 0.264. The van der Waals surface area contributed by atoms with Gasteiger partial charge in [-0.15, -0.1) is 0 Å². The molecule has 1 rings (SSSR count). The van der Waals surface area contributed by atoms with Crippen molar-refractivity contribution < 1.29 is 4.42 Å². The van der Waals surface area contributed by atoms with Gasteiger partial charge in [0.2, 0.25) is 0 Å². The van der Waals surface area contributed by atoms with E-state index in [9.17, 15) is 0 Å². The highest BCUT2D eigenvalue weighted by Gasteiger charge is 2.07. The second kappa shape index (κ2) is 2.52. The first kappa shape index (κ1) is 6.81. The van der Waals surface area contributed by atoms with Crippen LogP contribution in [0.3, 0.4) is 0 Å². The van der Waals surface area contributed by atoms with E-state index in [2.05, 4.69) is 20.9 Å². The van der Waals surface area contributed by atoms with E-state index in [1.807, 2.05) is 13.8 Å². The molecule has 9 heavy (non-hydrogen) atoms. The topological polar surface area (TPSA) is 26.0 Å². The lowest BCUT2D eigenvalue weighted by Crippen LogP contribution is -1.82. The van der Waals surface area contributed by atoms with Crippen LogP contribution in [0.4, 0.5) is 0 Å². The van der Waals surface area contributed by atoms with Gasteiger partial charge in [0.25, 0.3) is 0 Å². The van der Waals surface area contributed by atoms with Gasteiger partial charge in [-0.1, -0.05) is 15.9 Å². The van der Waals surface area contributed by atoms with Gasteiger partial charge in [0, 0.05) is 0 Å². The minimum absolute atomic E-state index is 0.264. The minimum Gasteiger partial charge on any atom is -0.447 e. The first-order valence-electron chi connectivity index (χ1n) is 2.76. The molecule has 0 radical (unpaired) electrons.